The minimum Gasteiger partial charge on any atom is -0.454 e. The van der Waals surface area contributed by atoms with Gasteiger partial charge in [0.15, 0.2) is 29.6 Å². The lowest BCUT2D eigenvalue weighted by molar-refractivity contribution is -0.124. The lowest BCUT2D eigenvalue weighted by Gasteiger charge is -2.15. The number of fused-ring (bicyclic) bond motifs is 2. The Bertz CT molecular complexity index is 896. The molecule has 27 heavy (non-hydrogen) atoms. The molecule has 0 aliphatic carbocycles. The molecule has 0 spiro atoms. The maximum Gasteiger partial charge on any atom is 0.338 e. The summed E-state index contributed by atoms with van der Waals surface area (Å²) in [6, 6.07) is 9.88. The van der Waals surface area contributed by atoms with E-state index in [1.165, 1.54) is 6.07 Å². The van der Waals surface area contributed by atoms with Gasteiger partial charge in [0.05, 0.1) is 11.6 Å². The maximum absolute atomic E-state index is 12.1. The van der Waals surface area contributed by atoms with E-state index >= 15 is 0 Å². The minimum absolute atomic E-state index is 0.119. The maximum atomic E-state index is 12.1. The van der Waals surface area contributed by atoms with Gasteiger partial charge in [-0.3, -0.25) is 4.79 Å². The largest absolute Gasteiger partial charge is 0.454 e. The monoisotopic (exact) mass is 371 g/mol. The highest BCUT2D eigenvalue weighted by molar-refractivity contribution is 5.92. The molecule has 2 aliphatic rings. The number of carbonyl (C=O) groups excluding carboxylic acids is 2. The fourth-order valence-corrected chi connectivity index (χ4v) is 2.79. The van der Waals surface area contributed by atoms with Crippen LogP contribution in [0.2, 0.25) is 0 Å². The van der Waals surface area contributed by atoms with Crippen molar-refractivity contribution in [3.05, 3.63) is 47.5 Å². The topological polar surface area (TPSA) is 92.3 Å². The number of rotatable bonds is 5. The van der Waals surface area contributed by atoms with Crippen molar-refractivity contribution >= 4 is 11.9 Å². The van der Waals surface area contributed by atoms with Crippen molar-refractivity contribution in [2.24, 2.45) is 0 Å². The van der Waals surface area contributed by atoms with Crippen molar-refractivity contribution in [2.45, 2.75) is 13.0 Å². The highest BCUT2D eigenvalue weighted by atomic mass is 16.7. The highest BCUT2D eigenvalue weighted by Gasteiger charge is 2.19. The van der Waals surface area contributed by atoms with Crippen molar-refractivity contribution in [3.63, 3.8) is 0 Å². The van der Waals surface area contributed by atoms with Gasteiger partial charge in [0.1, 0.15) is 0 Å². The zero-order chi connectivity index (χ0) is 18.8. The summed E-state index contributed by atoms with van der Waals surface area (Å²) in [6.07, 6.45) is 0. The summed E-state index contributed by atoms with van der Waals surface area (Å²) in [5.41, 5.74) is 1.14. The number of amides is 1. The van der Waals surface area contributed by atoms with Crippen LogP contribution in [0.1, 0.15) is 28.9 Å². The molecular weight excluding hydrogens is 354 g/mol. The number of ether oxygens (including phenoxy) is 5. The Morgan fingerprint density at radius 3 is 2.33 bits per heavy atom. The molecule has 0 radical (unpaired) electrons. The molecule has 8 nitrogen and oxygen atoms in total. The van der Waals surface area contributed by atoms with Crippen LogP contribution in [0.4, 0.5) is 0 Å². The van der Waals surface area contributed by atoms with Gasteiger partial charge in [-0.25, -0.2) is 4.79 Å². The molecule has 0 saturated heterocycles. The van der Waals surface area contributed by atoms with Crippen LogP contribution in [0.3, 0.4) is 0 Å². The first-order valence-electron chi connectivity index (χ1n) is 8.36. The average Bonchev–Trinajstić information content (AvgIpc) is 3.33. The van der Waals surface area contributed by atoms with E-state index in [1.807, 2.05) is 19.1 Å². The Hall–Kier alpha value is -3.42. The lowest BCUT2D eigenvalue weighted by Crippen LogP contribution is -2.31. The summed E-state index contributed by atoms with van der Waals surface area (Å²) in [5.74, 6) is 1.35. The van der Waals surface area contributed by atoms with Gasteiger partial charge >= 0.3 is 5.97 Å². The van der Waals surface area contributed by atoms with Gasteiger partial charge in [-0.1, -0.05) is 6.07 Å². The van der Waals surface area contributed by atoms with E-state index in [0.29, 0.717) is 23.0 Å². The minimum atomic E-state index is -0.612. The van der Waals surface area contributed by atoms with Crippen LogP contribution in [0, 0.1) is 0 Å². The molecule has 1 amide bonds. The number of hydrogen-bond acceptors (Lipinski definition) is 7. The van der Waals surface area contributed by atoms with E-state index in [0.717, 1.165) is 5.56 Å². The molecule has 2 aliphatic heterocycles. The summed E-state index contributed by atoms with van der Waals surface area (Å²) in [4.78, 5) is 24.2. The lowest BCUT2D eigenvalue weighted by atomic mass is 10.1. The van der Waals surface area contributed by atoms with Crippen LogP contribution in [0.25, 0.3) is 0 Å². The second kappa shape index (κ2) is 7.06. The Morgan fingerprint density at radius 1 is 0.963 bits per heavy atom. The van der Waals surface area contributed by atoms with Crippen molar-refractivity contribution in [1.29, 1.82) is 0 Å². The van der Waals surface area contributed by atoms with Crippen LogP contribution < -0.4 is 24.3 Å². The second-order valence-corrected chi connectivity index (χ2v) is 6.05. The van der Waals surface area contributed by atoms with Crippen molar-refractivity contribution in [1.82, 2.24) is 5.32 Å². The molecule has 2 aromatic carbocycles. The molecular formula is C19H17NO7. The van der Waals surface area contributed by atoms with E-state index < -0.39 is 11.9 Å². The van der Waals surface area contributed by atoms with Gasteiger partial charge < -0.3 is 29.0 Å². The van der Waals surface area contributed by atoms with E-state index in [2.05, 4.69) is 5.32 Å². The average molecular weight is 371 g/mol. The summed E-state index contributed by atoms with van der Waals surface area (Å²) >= 11 is 0. The molecule has 2 heterocycles. The smallest absolute Gasteiger partial charge is 0.338 e. The zero-order valence-corrected chi connectivity index (χ0v) is 14.5. The van der Waals surface area contributed by atoms with Gasteiger partial charge in [0.2, 0.25) is 13.6 Å². The first-order valence-corrected chi connectivity index (χ1v) is 8.36. The Kier molecular flexibility index (Phi) is 4.45. The van der Waals surface area contributed by atoms with E-state index in [9.17, 15) is 9.59 Å². The molecule has 8 heteroatoms. The first-order chi connectivity index (χ1) is 13.1. The predicted molar refractivity (Wildman–Crippen MR) is 92.0 cm³/mol. The fraction of sp³-hybridized carbons (Fsp3) is 0.263. The molecule has 0 saturated carbocycles. The molecule has 0 aromatic heterocycles. The van der Waals surface area contributed by atoms with Crippen LogP contribution in [0.15, 0.2) is 36.4 Å². The Balaban J connectivity index is 1.31. The molecule has 2 aromatic rings. The Labute approximate surface area is 154 Å². The van der Waals surface area contributed by atoms with Gasteiger partial charge in [-0.2, -0.15) is 0 Å². The number of esters is 1. The third kappa shape index (κ3) is 3.59. The number of carbonyl (C=O) groups is 2. The number of benzene rings is 2. The fourth-order valence-electron chi connectivity index (χ4n) is 2.79. The van der Waals surface area contributed by atoms with Crippen LogP contribution >= 0.6 is 0 Å². The molecule has 0 bridgehead atoms. The van der Waals surface area contributed by atoms with E-state index in [1.54, 1.807) is 18.2 Å². The van der Waals surface area contributed by atoms with Gasteiger partial charge in [-0.15, -0.1) is 0 Å². The number of hydrogen-bond donors (Lipinski definition) is 1. The van der Waals surface area contributed by atoms with E-state index in [4.69, 9.17) is 23.7 Å². The molecule has 1 N–H and O–H groups in total. The third-order valence-corrected chi connectivity index (χ3v) is 4.22. The molecule has 0 unspecified atom stereocenters. The predicted octanol–water partition coefficient (Wildman–Crippen LogP) is 2.18. The van der Waals surface area contributed by atoms with Crippen LogP contribution in [-0.4, -0.2) is 32.1 Å². The highest BCUT2D eigenvalue weighted by Crippen LogP contribution is 2.34. The van der Waals surface area contributed by atoms with Gasteiger partial charge in [0.25, 0.3) is 5.91 Å². The quantitative estimate of drug-likeness (QED) is 0.806. The zero-order valence-electron chi connectivity index (χ0n) is 14.5. The second-order valence-electron chi connectivity index (χ2n) is 6.05. The summed E-state index contributed by atoms with van der Waals surface area (Å²) in [7, 11) is 0. The summed E-state index contributed by atoms with van der Waals surface area (Å²) < 4.78 is 26.1. The summed E-state index contributed by atoms with van der Waals surface area (Å²) in [6.45, 7) is 1.75. The van der Waals surface area contributed by atoms with E-state index in [-0.39, 0.29) is 31.8 Å². The molecule has 4 rings (SSSR count). The third-order valence-electron chi connectivity index (χ3n) is 4.22. The SMILES string of the molecule is C[C@H](NC(=O)COC(=O)c1ccc2c(c1)OCO2)c1ccc2c(c1)OCO2. The van der Waals surface area contributed by atoms with Crippen molar-refractivity contribution in [3.8, 4) is 23.0 Å². The molecule has 140 valence electrons. The Morgan fingerprint density at radius 2 is 1.59 bits per heavy atom. The van der Waals surface area contributed by atoms with Crippen molar-refractivity contribution < 1.29 is 33.3 Å². The standard InChI is InChI=1S/C19H17NO7/c1-11(12-2-4-14-16(6-12)26-9-24-14)20-18(21)8-23-19(22)13-3-5-15-17(7-13)27-10-25-15/h2-7,11H,8-10H2,1H3,(H,20,21)/t11-/m0/s1. The molecule has 0 fully saturated rings. The van der Waals surface area contributed by atoms with Crippen LogP contribution in [0.5, 0.6) is 23.0 Å². The number of nitrogens with one attached hydrogen (secondary N) is 1. The van der Waals surface area contributed by atoms with Gasteiger partial charge in [0, 0.05) is 0 Å². The molecule has 1 atom stereocenters. The van der Waals surface area contributed by atoms with Gasteiger partial charge in [-0.05, 0) is 42.8 Å². The van der Waals surface area contributed by atoms with Crippen molar-refractivity contribution in [2.75, 3.05) is 20.2 Å². The summed E-state index contributed by atoms with van der Waals surface area (Å²) in [5, 5.41) is 2.78. The van der Waals surface area contributed by atoms with Crippen LogP contribution in [-0.2, 0) is 9.53 Å². The normalized spacial score (nSPS) is 14.6. The first kappa shape index (κ1) is 17.0.